The van der Waals surface area contributed by atoms with Gasteiger partial charge in [-0.2, -0.15) is 0 Å². The van der Waals surface area contributed by atoms with Crippen LogP contribution in [0.5, 0.6) is 11.6 Å². The Morgan fingerprint density at radius 1 is 0.939 bits per heavy atom. The molecule has 1 N–H and O–H groups in total. The fourth-order valence-corrected chi connectivity index (χ4v) is 4.17. The van der Waals surface area contributed by atoms with Gasteiger partial charge in [-0.3, -0.25) is 0 Å². The molecular formula is C27H21ClN2O3. The van der Waals surface area contributed by atoms with Gasteiger partial charge in [0.05, 0.1) is 5.56 Å². The van der Waals surface area contributed by atoms with E-state index in [0.29, 0.717) is 17.0 Å². The van der Waals surface area contributed by atoms with Gasteiger partial charge in [0, 0.05) is 5.56 Å². The van der Waals surface area contributed by atoms with Crippen LogP contribution in [0.3, 0.4) is 0 Å². The van der Waals surface area contributed by atoms with E-state index in [2.05, 4.69) is 16.3 Å². The van der Waals surface area contributed by atoms with Crippen molar-refractivity contribution in [1.29, 1.82) is 0 Å². The normalized spacial score (nSPS) is 13.0. The molecule has 0 bridgehead atoms. The van der Waals surface area contributed by atoms with Crippen molar-refractivity contribution in [1.82, 2.24) is 10.2 Å². The fourth-order valence-electron chi connectivity index (χ4n) is 4.02. The highest BCUT2D eigenvalue weighted by Gasteiger charge is 2.28. The van der Waals surface area contributed by atoms with E-state index in [1.165, 1.54) is 0 Å². The van der Waals surface area contributed by atoms with Crippen molar-refractivity contribution >= 4 is 17.6 Å². The van der Waals surface area contributed by atoms with Gasteiger partial charge in [0.25, 0.3) is 0 Å². The predicted molar refractivity (Wildman–Crippen MR) is 128 cm³/mol. The number of nitrogens with zero attached hydrogens (tertiary/aromatic N) is 2. The van der Waals surface area contributed by atoms with Crippen molar-refractivity contribution in [3.05, 3.63) is 94.6 Å². The molecule has 1 aliphatic rings. The first-order valence-electron chi connectivity index (χ1n) is 10.7. The minimum absolute atomic E-state index is 0.165. The zero-order valence-electron chi connectivity index (χ0n) is 18.0. The monoisotopic (exact) mass is 456 g/mol. The topological polar surface area (TPSA) is 72.3 Å². The second kappa shape index (κ2) is 8.68. The molecule has 1 fully saturated rings. The van der Waals surface area contributed by atoms with Crippen LogP contribution < -0.4 is 4.74 Å². The highest BCUT2D eigenvalue weighted by molar-refractivity contribution is 6.29. The third-order valence-corrected chi connectivity index (χ3v) is 6.01. The second-order valence-electron chi connectivity index (χ2n) is 8.19. The SMILES string of the molecule is Cc1cccc(C2CC2)c1Oc1nnc(Cl)cc1-c1cc(C(=O)O)ccc1-c1ccccc1. The van der Waals surface area contributed by atoms with Crippen molar-refractivity contribution in [3.63, 3.8) is 0 Å². The maximum Gasteiger partial charge on any atom is 0.335 e. The lowest BCUT2D eigenvalue weighted by Gasteiger charge is -2.17. The molecule has 5 rings (SSSR count). The molecule has 1 saturated carbocycles. The number of rotatable bonds is 6. The summed E-state index contributed by atoms with van der Waals surface area (Å²) in [6, 6.07) is 22.6. The van der Waals surface area contributed by atoms with Crippen molar-refractivity contribution < 1.29 is 14.6 Å². The van der Waals surface area contributed by atoms with Crippen molar-refractivity contribution in [3.8, 4) is 33.9 Å². The standard InChI is InChI=1S/C27H21ClN2O3/c1-16-6-5-9-21(18-10-11-18)25(16)33-26-23(15-24(28)29-30-26)22-14-19(27(31)32)12-13-20(22)17-7-3-2-4-8-17/h2-9,12-15,18H,10-11H2,1H3,(H,31,32). The van der Waals surface area contributed by atoms with Gasteiger partial charge in [-0.1, -0.05) is 66.2 Å². The third kappa shape index (κ3) is 4.32. The first kappa shape index (κ1) is 21.2. The van der Waals surface area contributed by atoms with Gasteiger partial charge in [-0.15, -0.1) is 10.2 Å². The quantitative estimate of drug-likeness (QED) is 0.333. The first-order chi connectivity index (χ1) is 16.0. The molecule has 1 heterocycles. The first-order valence-corrected chi connectivity index (χ1v) is 11.1. The summed E-state index contributed by atoms with van der Waals surface area (Å²) in [5, 5.41) is 18.1. The summed E-state index contributed by atoms with van der Waals surface area (Å²) in [4.78, 5) is 11.8. The summed E-state index contributed by atoms with van der Waals surface area (Å²) in [5.74, 6) is 0.532. The average molecular weight is 457 g/mol. The van der Waals surface area contributed by atoms with Crippen LogP contribution in [0, 0.1) is 6.92 Å². The van der Waals surface area contributed by atoms with Crippen LogP contribution in [0.25, 0.3) is 22.3 Å². The highest BCUT2D eigenvalue weighted by Crippen LogP contribution is 2.47. The van der Waals surface area contributed by atoms with Gasteiger partial charge in [-0.05, 0) is 71.7 Å². The van der Waals surface area contributed by atoms with E-state index in [4.69, 9.17) is 16.3 Å². The minimum Gasteiger partial charge on any atom is -0.478 e. The zero-order chi connectivity index (χ0) is 22.9. The molecule has 1 aromatic heterocycles. The molecule has 0 spiro atoms. The third-order valence-electron chi connectivity index (χ3n) is 5.83. The fraction of sp³-hybridized carbons (Fsp3) is 0.148. The summed E-state index contributed by atoms with van der Waals surface area (Å²) in [5.41, 5.74) is 5.36. The summed E-state index contributed by atoms with van der Waals surface area (Å²) < 4.78 is 6.39. The Labute approximate surface area is 196 Å². The number of carboxylic acid groups (broad SMARTS) is 1. The molecule has 0 atom stereocenters. The molecular weight excluding hydrogens is 436 g/mol. The Bertz CT molecular complexity index is 1350. The summed E-state index contributed by atoms with van der Waals surface area (Å²) in [7, 11) is 0. The van der Waals surface area contributed by atoms with Gasteiger partial charge >= 0.3 is 5.97 Å². The number of aryl methyl sites for hydroxylation is 1. The number of carbonyl (C=O) groups is 1. The van der Waals surface area contributed by atoms with E-state index >= 15 is 0 Å². The molecule has 4 aromatic rings. The molecule has 1 aliphatic carbocycles. The van der Waals surface area contributed by atoms with Gasteiger partial charge in [0.15, 0.2) is 5.15 Å². The van der Waals surface area contributed by atoms with Crippen LogP contribution in [0.1, 0.15) is 40.2 Å². The molecule has 3 aromatic carbocycles. The maximum absolute atomic E-state index is 11.8. The van der Waals surface area contributed by atoms with Gasteiger partial charge in [0.2, 0.25) is 5.88 Å². The molecule has 0 saturated heterocycles. The van der Waals surface area contributed by atoms with Gasteiger partial charge in [-0.25, -0.2) is 4.79 Å². The van der Waals surface area contributed by atoms with E-state index in [0.717, 1.165) is 40.8 Å². The van der Waals surface area contributed by atoms with Crippen molar-refractivity contribution in [2.75, 3.05) is 0 Å². The van der Waals surface area contributed by atoms with E-state index in [1.54, 1.807) is 24.3 Å². The maximum atomic E-state index is 11.8. The molecule has 33 heavy (non-hydrogen) atoms. The van der Waals surface area contributed by atoms with Crippen LogP contribution in [-0.4, -0.2) is 21.3 Å². The molecule has 5 nitrogen and oxygen atoms in total. The van der Waals surface area contributed by atoms with E-state index in [-0.39, 0.29) is 16.6 Å². The van der Waals surface area contributed by atoms with E-state index in [1.807, 2.05) is 49.4 Å². The molecule has 0 unspecified atom stereocenters. The number of aromatic nitrogens is 2. The lowest BCUT2D eigenvalue weighted by atomic mass is 9.93. The van der Waals surface area contributed by atoms with E-state index in [9.17, 15) is 9.90 Å². The number of aromatic carboxylic acids is 1. The number of ether oxygens (including phenoxy) is 1. The highest BCUT2D eigenvalue weighted by atomic mass is 35.5. The number of halogens is 1. The number of carboxylic acids is 1. The number of hydrogen-bond acceptors (Lipinski definition) is 4. The largest absolute Gasteiger partial charge is 0.478 e. The van der Waals surface area contributed by atoms with Gasteiger partial charge in [0.1, 0.15) is 5.75 Å². The van der Waals surface area contributed by atoms with Crippen LogP contribution >= 0.6 is 11.6 Å². The molecule has 164 valence electrons. The molecule has 0 radical (unpaired) electrons. The number of para-hydroxylation sites is 1. The van der Waals surface area contributed by atoms with Crippen LogP contribution in [0.4, 0.5) is 0 Å². The Balaban J connectivity index is 1.69. The average Bonchev–Trinajstić information content (AvgIpc) is 3.67. The second-order valence-corrected chi connectivity index (χ2v) is 8.57. The smallest absolute Gasteiger partial charge is 0.335 e. The van der Waals surface area contributed by atoms with Gasteiger partial charge < -0.3 is 9.84 Å². The lowest BCUT2D eigenvalue weighted by Crippen LogP contribution is -2.01. The van der Waals surface area contributed by atoms with Crippen molar-refractivity contribution in [2.24, 2.45) is 0 Å². The predicted octanol–water partition coefficient (Wildman–Crippen LogP) is 7.14. The Morgan fingerprint density at radius 2 is 1.73 bits per heavy atom. The summed E-state index contributed by atoms with van der Waals surface area (Å²) >= 11 is 6.25. The van der Waals surface area contributed by atoms with Crippen LogP contribution in [-0.2, 0) is 0 Å². The minimum atomic E-state index is -1.01. The number of benzene rings is 3. The number of hydrogen-bond donors (Lipinski definition) is 1. The van der Waals surface area contributed by atoms with Crippen molar-refractivity contribution in [2.45, 2.75) is 25.7 Å². The Kier molecular flexibility index (Phi) is 5.56. The Hall–Kier alpha value is -3.70. The van der Waals surface area contributed by atoms with Crippen LogP contribution in [0.15, 0.2) is 72.8 Å². The zero-order valence-corrected chi connectivity index (χ0v) is 18.7. The molecule has 0 amide bonds. The summed E-state index contributed by atoms with van der Waals surface area (Å²) in [6.07, 6.45) is 2.27. The van der Waals surface area contributed by atoms with Crippen LogP contribution in [0.2, 0.25) is 5.15 Å². The Morgan fingerprint density at radius 3 is 2.45 bits per heavy atom. The van der Waals surface area contributed by atoms with E-state index < -0.39 is 5.97 Å². The molecule has 6 heteroatoms. The summed E-state index contributed by atoms with van der Waals surface area (Å²) in [6.45, 7) is 2.00. The lowest BCUT2D eigenvalue weighted by molar-refractivity contribution is 0.0697. The molecule has 0 aliphatic heterocycles.